The van der Waals surface area contributed by atoms with Gasteiger partial charge in [-0.15, -0.1) is 11.3 Å². The third-order valence-electron chi connectivity index (χ3n) is 4.56. The zero-order chi connectivity index (χ0) is 23.0. The van der Waals surface area contributed by atoms with Crippen LogP contribution in [0.1, 0.15) is 4.88 Å². The van der Waals surface area contributed by atoms with Crippen molar-refractivity contribution in [2.75, 3.05) is 29.8 Å². The maximum absolute atomic E-state index is 12.9. The Morgan fingerprint density at radius 1 is 1.00 bits per heavy atom. The van der Waals surface area contributed by atoms with Gasteiger partial charge in [0, 0.05) is 24.2 Å². The Hall–Kier alpha value is -3.37. The molecule has 0 fully saturated rings. The summed E-state index contributed by atoms with van der Waals surface area (Å²) in [6, 6.07) is 18.2. The van der Waals surface area contributed by atoms with Gasteiger partial charge >= 0.3 is 6.03 Å². The van der Waals surface area contributed by atoms with Crippen LogP contribution in [0.4, 0.5) is 16.2 Å². The van der Waals surface area contributed by atoms with Crippen molar-refractivity contribution in [3.8, 4) is 0 Å². The second kappa shape index (κ2) is 10.8. The number of para-hydroxylation sites is 1. The number of nitrogens with zero attached hydrogens (tertiary/aromatic N) is 1. The van der Waals surface area contributed by atoms with Crippen molar-refractivity contribution in [3.05, 3.63) is 77.0 Å². The van der Waals surface area contributed by atoms with Crippen LogP contribution in [0, 0.1) is 0 Å². The molecule has 0 aliphatic rings. The molecule has 1 heterocycles. The Balaban J connectivity index is 1.52. The Morgan fingerprint density at radius 2 is 1.78 bits per heavy atom. The summed E-state index contributed by atoms with van der Waals surface area (Å²) >= 11 is 1.60. The fourth-order valence-corrected chi connectivity index (χ4v) is 4.80. The highest BCUT2D eigenvalue weighted by atomic mass is 32.2. The van der Waals surface area contributed by atoms with Gasteiger partial charge in [-0.1, -0.05) is 30.3 Å². The molecule has 8 nitrogen and oxygen atoms in total. The Kier molecular flexibility index (Phi) is 7.85. The first-order valence-corrected chi connectivity index (χ1v) is 12.2. The molecule has 3 rings (SSSR count). The fraction of sp³-hybridized carbons (Fsp3) is 0.182. The topological polar surface area (TPSA) is 108 Å². The quantitative estimate of drug-likeness (QED) is 0.444. The van der Waals surface area contributed by atoms with E-state index in [1.54, 1.807) is 47.7 Å². The average molecular weight is 473 g/mol. The Bertz CT molecular complexity index is 1150. The van der Waals surface area contributed by atoms with Crippen LogP contribution in [-0.4, -0.2) is 40.5 Å². The van der Waals surface area contributed by atoms with Gasteiger partial charge in [-0.2, -0.15) is 0 Å². The molecule has 0 saturated carbocycles. The summed E-state index contributed by atoms with van der Waals surface area (Å²) in [5, 5.41) is 9.68. The molecule has 168 valence electrons. The predicted molar refractivity (Wildman–Crippen MR) is 127 cm³/mol. The lowest BCUT2D eigenvalue weighted by molar-refractivity contribution is -0.118. The highest BCUT2D eigenvalue weighted by Crippen LogP contribution is 2.23. The van der Waals surface area contributed by atoms with E-state index in [2.05, 4.69) is 16.0 Å². The normalized spacial score (nSPS) is 10.9. The number of hydrogen-bond donors (Lipinski definition) is 3. The van der Waals surface area contributed by atoms with Gasteiger partial charge in [0.05, 0.1) is 17.1 Å². The number of sulfonamides is 1. The number of urea groups is 1. The van der Waals surface area contributed by atoms with Crippen molar-refractivity contribution in [1.29, 1.82) is 0 Å². The van der Waals surface area contributed by atoms with Crippen molar-refractivity contribution >= 4 is 44.7 Å². The SMILES string of the molecule is CN(c1ccccc1)S(=O)(=O)c1cccc(NCC(=O)NC(=O)NCCc2cccs2)c1. The summed E-state index contributed by atoms with van der Waals surface area (Å²) < 4.78 is 27.0. The molecular weight excluding hydrogens is 448 g/mol. The van der Waals surface area contributed by atoms with Crippen molar-refractivity contribution < 1.29 is 18.0 Å². The van der Waals surface area contributed by atoms with Crippen LogP contribution in [0.25, 0.3) is 0 Å². The van der Waals surface area contributed by atoms with Crippen LogP contribution in [0.2, 0.25) is 0 Å². The van der Waals surface area contributed by atoms with E-state index in [-0.39, 0.29) is 11.4 Å². The zero-order valence-corrected chi connectivity index (χ0v) is 19.1. The number of hydrogen-bond acceptors (Lipinski definition) is 6. The van der Waals surface area contributed by atoms with Crippen molar-refractivity contribution in [2.24, 2.45) is 0 Å². The molecule has 0 saturated heterocycles. The molecule has 3 N–H and O–H groups in total. The third-order valence-corrected chi connectivity index (χ3v) is 7.27. The van der Waals surface area contributed by atoms with Crippen molar-refractivity contribution in [1.82, 2.24) is 10.6 Å². The van der Waals surface area contributed by atoms with Gasteiger partial charge in [0.25, 0.3) is 10.0 Å². The zero-order valence-electron chi connectivity index (χ0n) is 17.4. The summed E-state index contributed by atoms with van der Waals surface area (Å²) in [6.45, 7) is 0.234. The van der Waals surface area contributed by atoms with E-state index in [9.17, 15) is 18.0 Å². The third kappa shape index (κ3) is 6.32. The first-order valence-electron chi connectivity index (χ1n) is 9.84. The van der Waals surface area contributed by atoms with Gasteiger partial charge in [-0.05, 0) is 48.2 Å². The van der Waals surface area contributed by atoms with Gasteiger partial charge in [0.1, 0.15) is 0 Å². The van der Waals surface area contributed by atoms with Gasteiger partial charge in [-0.3, -0.25) is 14.4 Å². The molecular formula is C22H24N4O4S2. The number of imide groups is 1. The number of nitrogens with one attached hydrogen (secondary N) is 3. The molecule has 0 aliphatic heterocycles. The first-order chi connectivity index (χ1) is 15.4. The molecule has 0 unspecified atom stereocenters. The first kappa shape index (κ1) is 23.3. The Labute approximate surface area is 191 Å². The molecule has 0 radical (unpaired) electrons. The van der Waals surface area contributed by atoms with E-state index in [0.29, 0.717) is 24.3 Å². The van der Waals surface area contributed by atoms with Crippen LogP contribution in [-0.2, 0) is 21.2 Å². The molecule has 0 aliphatic carbocycles. The lowest BCUT2D eigenvalue weighted by Gasteiger charge is -2.20. The van der Waals surface area contributed by atoms with Crippen LogP contribution in [0.5, 0.6) is 0 Å². The lowest BCUT2D eigenvalue weighted by atomic mass is 10.3. The standard InChI is InChI=1S/C22H24N4O4S2/c1-26(18-8-3-2-4-9-18)32(29,30)20-11-5-7-17(15-20)24-16-21(27)25-22(28)23-13-12-19-10-6-14-31-19/h2-11,14-15,24H,12-13,16H2,1H3,(H2,23,25,27,28). The summed E-state index contributed by atoms with van der Waals surface area (Å²) in [6.07, 6.45) is 0.691. The van der Waals surface area contributed by atoms with Crippen LogP contribution in [0.15, 0.2) is 77.0 Å². The number of amides is 3. The highest BCUT2D eigenvalue weighted by Gasteiger charge is 2.21. The second-order valence-corrected chi connectivity index (χ2v) is 9.82. The maximum Gasteiger partial charge on any atom is 0.321 e. The summed E-state index contributed by atoms with van der Waals surface area (Å²) in [4.78, 5) is 25.1. The molecule has 0 spiro atoms. The number of carbonyl (C=O) groups is 2. The Morgan fingerprint density at radius 3 is 2.50 bits per heavy atom. The van der Waals surface area contributed by atoms with Crippen LogP contribution in [0.3, 0.4) is 0 Å². The van der Waals surface area contributed by atoms with E-state index in [1.165, 1.54) is 23.5 Å². The van der Waals surface area contributed by atoms with Gasteiger partial charge in [0.2, 0.25) is 5.91 Å². The minimum Gasteiger partial charge on any atom is -0.376 e. The smallest absolute Gasteiger partial charge is 0.321 e. The molecule has 32 heavy (non-hydrogen) atoms. The number of anilines is 2. The number of thiophene rings is 1. The van der Waals surface area contributed by atoms with Crippen molar-refractivity contribution in [3.63, 3.8) is 0 Å². The minimum atomic E-state index is -3.77. The molecule has 0 bridgehead atoms. The molecule has 10 heteroatoms. The van der Waals surface area contributed by atoms with E-state index in [0.717, 1.165) is 4.88 Å². The van der Waals surface area contributed by atoms with Gasteiger partial charge < -0.3 is 10.6 Å². The molecule has 3 aromatic rings. The van der Waals surface area contributed by atoms with Crippen LogP contribution >= 0.6 is 11.3 Å². The fourth-order valence-electron chi connectivity index (χ4n) is 2.85. The van der Waals surface area contributed by atoms with Crippen molar-refractivity contribution in [2.45, 2.75) is 11.3 Å². The van der Waals surface area contributed by atoms with E-state index >= 15 is 0 Å². The summed E-state index contributed by atoms with van der Waals surface area (Å²) in [5.41, 5.74) is 0.983. The van der Waals surface area contributed by atoms with Crippen LogP contribution < -0.4 is 20.3 Å². The minimum absolute atomic E-state index is 0.0839. The van der Waals surface area contributed by atoms with Gasteiger partial charge in [-0.25, -0.2) is 13.2 Å². The maximum atomic E-state index is 12.9. The second-order valence-electron chi connectivity index (χ2n) is 6.82. The highest BCUT2D eigenvalue weighted by molar-refractivity contribution is 7.92. The molecule has 2 aromatic carbocycles. The van der Waals surface area contributed by atoms with E-state index in [1.807, 2.05) is 23.6 Å². The summed E-state index contributed by atoms with van der Waals surface area (Å²) in [7, 11) is -2.29. The molecule has 1 aromatic heterocycles. The molecule has 0 atom stereocenters. The average Bonchev–Trinajstić information content (AvgIpc) is 3.31. The number of carbonyl (C=O) groups excluding carboxylic acids is 2. The largest absolute Gasteiger partial charge is 0.376 e. The van der Waals surface area contributed by atoms with E-state index < -0.39 is 22.0 Å². The van der Waals surface area contributed by atoms with Gasteiger partial charge in [0.15, 0.2) is 0 Å². The summed E-state index contributed by atoms with van der Waals surface area (Å²) in [5.74, 6) is -0.534. The monoisotopic (exact) mass is 472 g/mol. The lowest BCUT2D eigenvalue weighted by Crippen LogP contribution is -2.42. The predicted octanol–water partition coefficient (Wildman–Crippen LogP) is 3.05. The molecule has 3 amide bonds. The van der Waals surface area contributed by atoms with E-state index in [4.69, 9.17) is 0 Å². The number of rotatable bonds is 9. The number of benzene rings is 2.